The number of carboxylic acids is 1. The number of hydrogen-bond donors (Lipinski definition) is 25. The molecule has 16 atom stereocenters. The molecule has 7 rings (SSSR count). The standard InChI is InChI=1S/C97H135N23O20S2/c1-51(2)42-69-89(134)118-79(53(5)6)93(138)119-80(56(9)121)94(139)116-75(91(136)106-54(7)81(98)126)49-142-50-76(123)107-70(43-57-22-14-12-15-23-57)85(130)112-71(45-59-32-36-63(122)37-33-59)87(132)114-74(47-77(124)125)88(133)113-73(46-62-48-105-65-27-19-18-26-64(62)65)90(135)117-78(52(3)4)92(137)115-72(44-58-30-34-61(35-31-58)60-24-16-13-17-25-60)86(131)110-68(29-21-40-104-97(101)102)95(140)120(10)55(8)82(127)108-67(38-41-141-11)84(129)109-66(83(128)111-69)28-20-39-103-96(99)100/h12-19,22-27,30-37,48,51-56,66-75,78-80,105,121-122H,20-21,28-29,38-47,49-50H2,1-11H3,(H2,98,126)(H,106,136)(H,107,123)(H,108,127)(H,109,129)(H,110,131)(H,111,128)(H,112,130)(H,113,133)(H,114,132)(H,115,137)(H,116,139)(H,117,135)(H,118,134)(H,119,138)(H,124,125)(H4,99,100,103)(H4,101,102,104)/t54-,55-,56+,66-,67+,68-,69-,70-,71-,72-,73-,74-,75-,78-,79-,80-/m0/s1. The van der Waals surface area contributed by atoms with Crippen molar-refractivity contribution in [1.82, 2.24) is 95.0 Å². The number of aromatic hydroxyl groups is 1. The second-order valence-electron chi connectivity index (χ2n) is 36.0. The average Bonchev–Trinajstić information content (AvgIpc) is 1.69. The molecule has 142 heavy (non-hydrogen) atoms. The predicted octanol–water partition coefficient (Wildman–Crippen LogP) is -0.810. The van der Waals surface area contributed by atoms with E-state index in [1.165, 1.54) is 70.8 Å². The van der Waals surface area contributed by atoms with Gasteiger partial charge in [-0.1, -0.05) is 157 Å². The molecule has 1 aromatic heterocycles. The first kappa shape index (κ1) is 115. The molecule has 770 valence electrons. The number of aromatic amines is 1. The smallest absolute Gasteiger partial charge is 0.305 e. The van der Waals surface area contributed by atoms with Crippen LogP contribution < -0.4 is 102 Å². The Balaban J connectivity index is 1.35. The third kappa shape index (κ3) is 37.0. The molecule has 16 amide bonds. The van der Waals surface area contributed by atoms with Gasteiger partial charge in [0.1, 0.15) is 96.4 Å². The van der Waals surface area contributed by atoms with E-state index in [0.717, 1.165) is 23.0 Å². The highest BCUT2D eigenvalue weighted by molar-refractivity contribution is 8.00. The lowest BCUT2D eigenvalue weighted by atomic mass is 9.98. The molecule has 0 unspecified atom stereocenters. The Kier molecular flexibility index (Phi) is 45.8. The van der Waals surface area contributed by atoms with Gasteiger partial charge in [0.15, 0.2) is 11.9 Å². The number of aromatic nitrogens is 1. The van der Waals surface area contributed by atoms with Crippen molar-refractivity contribution < 1.29 is 96.8 Å². The van der Waals surface area contributed by atoms with Crippen molar-refractivity contribution in [3.63, 3.8) is 0 Å². The summed E-state index contributed by atoms with van der Waals surface area (Å²) in [5.74, 6) is -21.8. The zero-order chi connectivity index (χ0) is 105. The second kappa shape index (κ2) is 56.8. The highest BCUT2D eigenvalue weighted by Crippen LogP contribution is 2.25. The number of hydrogen-bond acceptors (Lipinski definition) is 23. The number of para-hydroxylation sites is 1. The Morgan fingerprint density at radius 1 is 0.479 bits per heavy atom. The number of nitrogens with two attached hydrogens (primary N) is 3. The molecule has 1 aliphatic rings. The normalized spacial score (nSPS) is 22.9. The summed E-state index contributed by atoms with van der Waals surface area (Å²) in [6, 6.07) is 12.4. The summed E-state index contributed by atoms with van der Waals surface area (Å²) in [6.45, 7) is 13.4. The minimum Gasteiger partial charge on any atom is -0.508 e. The van der Waals surface area contributed by atoms with Crippen LogP contribution in [0.15, 0.2) is 140 Å². The van der Waals surface area contributed by atoms with Gasteiger partial charge in [0.2, 0.25) is 94.5 Å². The molecular weight excluding hydrogens is 1870 g/mol. The Morgan fingerprint density at radius 2 is 0.894 bits per heavy atom. The molecule has 43 nitrogen and oxygen atoms in total. The summed E-state index contributed by atoms with van der Waals surface area (Å²) in [5.41, 5.74) is 20.7. The SMILES string of the molecule is CSCC[C@H]1NC(=O)[C@H](C)N(C)C(=O)[C@H](CCCNC(=N)N)NC(=O)[C@H](Cc2ccc(-c3ccccc3)cc2)NC(=O)[C@H](C(C)C)NC(=O)[C@H](Cc2c[nH]c3ccccc23)NC(=O)[C@H](CC(=O)O)NC(=O)[C@H](Cc2ccc(O)cc2)NC(=O)[C@H](Cc2ccccc2)NC(=O)CSC[C@@H](C(=O)N[C@@H](C)C(N)=O)NC(=O)[C@H]([C@@H](C)O)NC(=O)[C@H](C(C)C)NC(=O)[C@H](CC(C)C)NC(=O)[C@H](CCCNC(=N)N)NC1=O. The number of carbonyl (C=O) groups is 17. The van der Waals surface area contributed by atoms with Crippen LogP contribution >= 0.6 is 23.5 Å². The topological polar surface area (TPSA) is 688 Å². The molecule has 1 saturated heterocycles. The van der Waals surface area contributed by atoms with Crippen molar-refractivity contribution in [3.05, 3.63) is 162 Å². The first-order chi connectivity index (χ1) is 67.3. The van der Waals surface area contributed by atoms with Crippen molar-refractivity contribution in [2.45, 2.75) is 230 Å². The zero-order valence-electron chi connectivity index (χ0n) is 81.3. The number of amides is 16. The lowest BCUT2D eigenvalue weighted by molar-refractivity contribution is -0.142. The highest BCUT2D eigenvalue weighted by Gasteiger charge is 2.42. The van der Waals surface area contributed by atoms with Crippen molar-refractivity contribution >= 4 is 147 Å². The molecular formula is C97H135N23O20S2. The minimum absolute atomic E-state index is 0.00571. The van der Waals surface area contributed by atoms with Gasteiger partial charge in [-0.25, -0.2) is 0 Å². The number of primary amides is 1. The third-order valence-electron chi connectivity index (χ3n) is 23.4. The van der Waals surface area contributed by atoms with Gasteiger partial charge in [0.05, 0.1) is 18.3 Å². The van der Waals surface area contributed by atoms with Gasteiger partial charge in [-0.2, -0.15) is 11.8 Å². The minimum atomic E-state index is -2.08. The van der Waals surface area contributed by atoms with Crippen LogP contribution in [0.25, 0.3) is 22.0 Å². The Hall–Kier alpha value is -14.4. The van der Waals surface area contributed by atoms with Crippen LogP contribution in [0, 0.1) is 28.6 Å². The number of nitrogens with one attached hydrogen (secondary N) is 19. The van der Waals surface area contributed by atoms with E-state index in [1.807, 2.05) is 30.3 Å². The fraction of sp³-hybridized carbons (Fsp3) is 0.474. The van der Waals surface area contributed by atoms with Crippen LogP contribution in [-0.2, 0) is 107 Å². The number of aliphatic carboxylic acids is 1. The zero-order valence-corrected chi connectivity index (χ0v) is 83.0. The van der Waals surface area contributed by atoms with Gasteiger partial charge in [-0.3, -0.25) is 92.3 Å². The molecule has 0 spiro atoms. The van der Waals surface area contributed by atoms with Crippen LogP contribution in [0.3, 0.4) is 0 Å². The number of benzene rings is 5. The van der Waals surface area contributed by atoms with E-state index in [9.17, 15) is 63.3 Å². The number of aliphatic hydroxyl groups excluding tert-OH is 1. The number of likely N-dealkylation sites (N-methyl/N-ethyl adjacent to an activating group) is 1. The summed E-state index contributed by atoms with van der Waals surface area (Å²) < 4.78 is 0. The summed E-state index contributed by atoms with van der Waals surface area (Å²) >= 11 is 2.00. The molecule has 0 aliphatic carbocycles. The number of H-pyrrole nitrogens is 1. The molecule has 1 aliphatic heterocycles. The first-order valence-electron chi connectivity index (χ1n) is 46.8. The van der Waals surface area contributed by atoms with Gasteiger partial charge in [0, 0.05) is 68.7 Å². The number of carbonyl (C=O) groups excluding carboxylic acids is 16. The van der Waals surface area contributed by atoms with E-state index in [0.29, 0.717) is 39.4 Å². The van der Waals surface area contributed by atoms with Crippen molar-refractivity contribution in [2.75, 3.05) is 43.7 Å². The number of nitrogens with zero attached hydrogens (tertiary/aromatic N) is 1. The molecule has 0 saturated carbocycles. The van der Waals surface area contributed by atoms with Crippen LogP contribution in [-0.4, -0.2) is 278 Å². The van der Waals surface area contributed by atoms with E-state index >= 15 is 33.6 Å². The summed E-state index contributed by atoms with van der Waals surface area (Å²) in [4.78, 5) is 254. The molecule has 1 fully saturated rings. The monoisotopic (exact) mass is 2010 g/mol. The Morgan fingerprint density at radius 3 is 1.42 bits per heavy atom. The number of thioether (sulfide) groups is 2. The number of phenols is 1. The van der Waals surface area contributed by atoms with Crippen LogP contribution in [0.2, 0.25) is 0 Å². The number of rotatable bonds is 30. The summed E-state index contributed by atoms with van der Waals surface area (Å²) in [5, 5.41) is 90.5. The van der Waals surface area contributed by atoms with E-state index in [4.69, 9.17) is 28.0 Å². The van der Waals surface area contributed by atoms with Gasteiger partial charge in [-0.05, 0) is 141 Å². The van der Waals surface area contributed by atoms with Crippen LogP contribution in [0.5, 0.6) is 5.75 Å². The lowest BCUT2D eigenvalue weighted by Gasteiger charge is -2.32. The molecule has 6 aromatic rings. The van der Waals surface area contributed by atoms with Gasteiger partial charge < -0.3 is 127 Å². The van der Waals surface area contributed by atoms with E-state index in [-0.39, 0.29) is 93.9 Å². The molecule has 2 heterocycles. The Bertz CT molecular complexity index is 5370. The number of aliphatic hydroxyl groups is 1. The predicted molar refractivity (Wildman–Crippen MR) is 535 cm³/mol. The maximum absolute atomic E-state index is 15.5. The summed E-state index contributed by atoms with van der Waals surface area (Å²) in [7, 11) is 1.27. The van der Waals surface area contributed by atoms with Crippen molar-refractivity contribution in [2.24, 2.45) is 35.0 Å². The van der Waals surface area contributed by atoms with Gasteiger partial charge >= 0.3 is 5.97 Å². The van der Waals surface area contributed by atoms with Gasteiger partial charge in [-0.15, -0.1) is 11.8 Å². The molecule has 0 bridgehead atoms. The first-order valence-corrected chi connectivity index (χ1v) is 49.3. The average molecular weight is 2010 g/mol. The van der Waals surface area contributed by atoms with E-state index in [2.05, 4.69) is 90.1 Å². The summed E-state index contributed by atoms with van der Waals surface area (Å²) in [6.07, 6.45) is -1.45. The number of carboxylic acid groups (broad SMARTS) is 1. The lowest BCUT2D eigenvalue weighted by Crippen LogP contribution is -2.62. The van der Waals surface area contributed by atoms with Gasteiger partial charge in [0.25, 0.3) is 0 Å². The van der Waals surface area contributed by atoms with Crippen molar-refractivity contribution in [3.8, 4) is 16.9 Å². The van der Waals surface area contributed by atoms with Crippen molar-refractivity contribution in [1.29, 1.82) is 10.8 Å². The van der Waals surface area contributed by atoms with E-state index < -0.39 is 245 Å². The fourth-order valence-electron chi connectivity index (χ4n) is 15.3. The van der Waals surface area contributed by atoms with Crippen LogP contribution in [0.4, 0.5) is 0 Å². The molecule has 5 aromatic carbocycles. The number of fused-ring (bicyclic) bond motifs is 1. The number of guanidine groups is 2. The maximum atomic E-state index is 15.5. The molecule has 28 N–H and O–H groups in total. The van der Waals surface area contributed by atoms with E-state index in [1.54, 1.807) is 119 Å². The Labute approximate surface area is 832 Å². The quantitative estimate of drug-likeness (QED) is 0.0149. The maximum Gasteiger partial charge on any atom is 0.305 e. The molecule has 0 radical (unpaired) electrons. The third-order valence-corrected chi connectivity index (χ3v) is 25.1. The largest absolute Gasteiger partial charge is 0.508 e. The fourth-order valence-corrected chi connectivity index (χ4v) is 16.6. The number of phenolic OH excluding ortho intramolecular Hbond substituents is 1. The second-order valence-corrected chi connectivity index (χ2v) is 38.0. The molecule has 45 heteroatoms. The van der Waals surface area contributed by atoms with Crippen LogP contribution in [0.1, 0.15) is 130 Å². The highest BCUT2D eigenvalue weighted by atomic mass is 32.2.